The van der Waals surface area contributed by atoms with Gasteiger partial charge in [0.05, 0.1) is 13.2 Å². The molecule has 2 atom stereocenters. The fourth-order valence-corrected chi connectivity index (χ4v) is 10.6. The van der Waals surface area contributed by atoms with Crippen LogP contribution in [0.15, 0.2) is 36.5 Å². The number of carbonyl (C=O) groups excluding carboxylic acids is 2. The second-order valence-corrected chi connectivity index (χ2v) is 23.8. The lowest BCUT2D eigenvalue weighted by atomic mass is 10.0. The van der Waals surface area contributed by atoms with Gasteiger partial charge >= 0.3 is 19.8 Å². The summed E-state index contributed by atoms with van der Waals surface area (Å²) in [5.74, 6) is -0.830. The Morgan fingerprint density at radius 3 is 1.05 bits per heavy atom. The lowest BCUT2D eigenvalue weighted by molar-refractivity contribution is -0.161. The number of ether oxygens (including phenoxy) is 2. The van der Waals surface area contributed by atoms with Crippen LogP contribution in [0.2, 0.25) is 0 Å². The monoisotopic (exact) mass is 1090 g/mol. The van der Waals surface area contributed by atoms with Crippen molar-refractivity contribution >= 4 is 19.8 Å². The van der Waals surface area contributed by atoms with E-state index in [9.17, 15) is 19.0 Å². The molecular weight excluding hydrogens is 966 g/mol. The zero-order chi connectivity index (χ0) is 55.2. The summed E-state index contributed by atoms with van der Waals surface area (Å²) in [5, 5.41) is 0. The van der Waals surface area contributed by atoms with E-state index in [1.165, 1.54) is 244 Å². The molecule has 10 heteroatoms. The highest BCUT2D eigenvalue weighted by molar-refractivity contribution is 7.47. The number of hydrogen-bond donors (Lipinski definition) is 2. The first-order valence-electron chi connectivity index (χ1n) is 33.0. The summed E-state index contributed by atoms with van der Waals surface area (Å²) in [6, 6.07) is 0. The molecule has 0 radical (unpaired) electrons. The molecule has 0 amide bonds. The zero-order valence-electron chi connectivity index (χ0n) is 50.3. The molecule has 76 heavy (non-hydrogen) atoms. The average molecular weight is 1090 g/mol. The molecule has 9 nitrogen and oxygen atoms in total. The number of phosphoric acid groups is 1. The highest BCUT2D eigenvalue weighted by atomic mass is 31.2. The standard InChI is InChI=1S/C66H126NO8P/c1-3-5-7-9-11-13-15-17-19-20-21-22-23-24-25-26-27-28-29-30-31-32-33-34-35-36-37-38-39-40-41-42-43-44-45-47-48-50-52-54-56-58-65(68)72-62-64(63-74-76(70,71)73-61-60-67)75-66(69)59-57-55-53-51-49-46-18-16-14-12-10-8-6-4-2/h10,12,16,18,20-21,64H,3-9,11,13-15,17,19,22-63,67H2,1-2H3,(H,70,71)/b12-10-,18-16-,21-20-. The van der Waals surface area contributed by atoms with E-state index in [0.717, 1.165) is 64.2 Å². The summed E-state index contributed by atoms with van der Waals surface area (Å²) in [6.45, 7) is 3.72. The molecule has 448 valence electrons. The molecule has 0 aliphatic carbocycles. The van der Waals surface area contributed by atoms with E-state index in [2.05, 4.69) is 50.3 Å². The summed E-state index contributed by atoms with van der Waals surface area (Å²) >= 11 is 0. The van der Waals surface area contributed by atoms with E-state index >= 15 is 0 Å². The number of nitrogens with two attached hydrogens (primary N) is 1. The van der Waals surface area contributed by atoms with Crippen LogP contribution >= 0.6 is 7.82 Å². The number of phosphoric ester groups is 1. The molecule has 0 heterocycles. The van der Waals surface area contributed by atoms with E-state index in [1.54, 1.807) is 0 Å². The molecule has 0 rings (SSSR count). The van der Waals surface area contributed by atoms with Crippen LogP contribution in [0, 0.1) is 0 Å². The average Bonchev–Trinajstić information content (AvgIpc) is 3.41. The highest BCUT2D eigenvalue weighted by Gasteiger charge is 2.26. The van der Waals surface area contributed by atoms with Crippen molar-refractivity contribution in [3.05, 3.63) is 36.5 Å². The summed E-state index contributed by atoms with van der Waals surface area (Å²) in [6.07, 6.45) is 77.0. The maximum absolute atomic E-state index is 12.6. The molecule has 2 unspecified atom stereocenters. The first-order chi connectivity index (χ1) is 37.3. The molecule has 0 saturated carbocycles. The van der Waals surface area contributed by atoms with Crippen LogP contribution in [-0.4, -0.2) is 49.3 Å². The maximum Gasteiger partial charge on any atom is 0.472 e. The topological polar surface area (TPSA) is 134 Å². The first-order valence-corrected chi connectivity index (χ1v) is 34.5. The third-order valence-electron chi connectivity index (χ3n) is 14.7. The summed E-state index contributed by atoms with van der Waals surface area (Å²) in [4.78, 5) is 35.1. The van der Waals surface area contributed by atoms with Gasteiger partial charge in [-0.25, -0.2) is 4.57 Å². The third kappa shape index (κ3) is 61.4. The quantitative estimate of drug-likeness (QED) is 0.0264. The molecule has 0 aromatic rings. The van der Waals surface area contributed by atoms with E-state index in [0.29, 0.717) is 6.42 Å². The third-order valence-corrected chi connectivity index (χ3v) is 15.7. The van der Waals surface area contributed by atoms with E-state index in [1.807, 2.05) is 0 Å². The van der Waals surface area contributed by atoms with Crippen molar-refractivity contribution in [3.63, 3.8) is 0 Å². The van der Waals surface area contributed by atoms with Gasteiger partial charge in [0.15, 0.2) is 6.10 Å². The van der Waals surface area contributed by atoms with Crippen molar-refractivity contribution in [2.75, 3.05) is 26.4 Å². The van der Waals surface area contributed by atoms with Crippen LogP contribution < -0.4 is 5.73 Å². The minimum Gasteiger partial charge on any atom is -0.462 e. The Balaban J connectivity index is 3.68. The van der Waals surface area contributed by atoms with Crippen molar-refractivity contribution in [1.29, 1.82) is 0 Å². The van der Waals surface area contributed by atoms with Crippen LogP contribution in [0.25, 0.3) is 0 Å². The molecule has 3 N–H and O–H groups in total. The molecule has 0 aliphatic rings. The van der Waals surface area contributed by atoms with Gasteiger partial charge in [-0.2, -0.15) is 0 Å². The van der Waals surface area contributed by atoms with Crippen LogP contribution in [0.3, 0.4) is 0 Å². The van der Waals surface area contributed by atoms with Crippen molar-refractivity contribution in [1.82, 2.24) is 0 Å². The lowest BCUT2D eigenvalue weighted by Gasteiger charge is -2.19. The second-order valence-electron chi connectivity index (χ2n) is 22.3. The smallest absolute Gasteiger partial charge is 0.462 e. The largest absolute Gasteiger partial charge is 0.472 e. The van der Waals surface area contributed by atoms with Gasteiger partial charge in [0.1, 0.15) is 6.61 Å². The van der Waals surface area contributed by atoms with E-state index in [4.69, 9.17) is 24.3 Å². The van der Waals surface area contributed by atoms with Gasteiger partial charge < -0.3 is 20.1 Å². The number of allylic oxidation sites excluding steroid dienone is 6. The fourth-order valence-electron chi connectivity index (χ4n) is 9.83. The maximum atomic E-state index is 12.6. The molecule has 0 aromatic carbocycles. The predicted octanol–water partition coefficient (Wildman–Crippen LogP) is 21.1. The van der Waals surface area contributed by atoms with Gasteiger partial charge in [-0.15, -0.1) is 0 Å². The summed E-state index contributed by atoms with van der Waals surface area (Å²) in [7, 11) is -4.39. The predicted molar refractivity (Wildman–Crippen MR) is 326 cm³/mol. The second kappa shape index (κ2) is 62.4. The Bertz CT molecular complexity index is 1340. The molecule has 0 bridgehead atoms. The molecular formula is C66H126NO8P. The Kier molecular flexibility index (Phi) is 61.0. The molecule has 0 saturated heterocycles. The van der Waals surface area contributed by atoms with Crippen molar-refractivity contribution in [2.45, 2.75) is 347 Å². The van der Waals surface area contributed by atoms with E-state index < -0.39 is 26.5 Å². The highest BCUT2D eigenvalue weighted by Crippen LogP contribution is 2.43. The Morgan fingerprint density at radius 1 is 0.395 bits per heavy atom. The van der Waals surface area contributed by atoms with E-state index in [-0.39, 0.29) is 38.6 Å². The summed E-state index contributed by atoms with van der Waals surface area (Å²) < 4.78 is 33.0. The number of esters is 2. The Labute approximate surface area is 471 Å². The SMILES string of the molecule is CCCC/C=C\C/C=C\CCCCCCCC(=O)OC(COC(=O)CCCCCCCCCCCCCCCCCCCCCCCCCCCCCCC/C=C\CCCCCCCCCC)COP(=O)(O)OCCN. The van der Waals surface area contributed by atoms with Gasteiger partial charge in [-0.3, -0.25) is 18.6 Å². The molecule has 0 fully saturated rings. The van der Waals surface area contributed by atoms with Crippen molar-refractivity contribution in [3.8, 4) is 0 Å². The Morgan fingerprint density at radius 2 is 0.697 bits per heavy atom. The minimum absolute atomic E-state index is 0.0523. The minimum atomic E-state index is -4.39. The number of carbonyl (C=O) groups is 2. The van der Waals surface area contributed by atoms with Gasteiger partial charge in [0.25, 0.3) is 0 Å². The zero-order valence-corrected chi connectivity index (χ0v) is 51.2. The van der Waals surface area contributed by atoms with Crippen LogP contribution in [0.5, 0.6) is 0 Å². The van der Waals surface area contributed by atoms with Crippen molar-refractivity contribution in [2.24, 2.45) is 5.73 Å². The summed E-state index contributed by atoms with van der Waals surface area (Å²) in [5.41, 5.74) is 5.38. The number of rotatable bonds is 63. The van der Waals surface area contributed by atoms with Gasteiger partial charge in [-0.1, -0.05) is 301 Å². The molecule has 0 aromatic heterocycles. The van der Waals surface area contributed by atoms with Crippen LogP contribution in [0.4, 0.5) is 0 Å². The number of unbranched alkanes of at least 4 members (excludes halogenated alkanes) is 44. The number of hydrogen-bond acceptors (Lipinski definition) is 8. The van der Waals surface area contributed by atoms with Crippen LogP contribution in [0.1, 0.15) is 341 Å². The first kappa shape index (κ1) is 74.2. The van der Waals surface area contributed by atoms with Crippen LogP contribution in [-0.2, 0) is 32.7 Å². The lowest BCUT2D eigenvalue weighted by Crippen LogP contribution is -2.29. The van der Waals surface area contributed by atoms with Gasteiger partial charge in [-0.05, 0) is 64.2 Å². The van der Waals surface area contributed by atoms with Gasteiger partial charge in [0, 0.05) is 19.4 Å². The molecule has 0 spiro atoms. The Hall–Kier alpha value is -1.77. The normalized spacial score (nSPS) is 13.2. The molecule has 0 aliphatic heterocycles. The van der Waals surface area contributed by atoms with Gasteiger partial charge in [0.2, 0.25) is 0 Å². The van der Waals surface area contributed by atoms with Crippen molar-refractivity contribution < 1.29 is 37.6 Å². The fraction of sp³-hybridized carbons (Fsp3) is 0.879.